The zero-order valence-electron chi connectivity index (χ0n) is 11.8. The lowest BCUT2D eigenvalue weighted by molar-refractivity contribution is 0.253. The van der Waals surface area contributed by atoms with Crippen molar-refractivity contribution in [3.8, 4) is 0 Å². The average molecular weight is 264 g/mol. The van der Waals surface area contributed by atoms with E-state index in [4.69, 9.17) is 10.3 Å². The maximum Gasteiger partial charge on any atom is 0.240 e. The van der Waals surface area contributed by atoms with Crippen LogP contribution in [-0.2, 0) is 25.7 Å². The second-order valence-corrected chi connectivity index (χ2v) is 5.36. The molecule has 2 aromatic rings. The van der Waals surface area contributed by atoms with Crippen LogP contribution in [0.4, 0.5) is 0 Å². The minimum absolute atomic E-state index is 0.521. The Hall–Kier alpha value is -1.73. The molecule has 19 heavy (non-hydrogen) atoms. The molecule has 2 N–H and O–H groups in total. The van der Waals surface area contributed by atoms with E-state index in [-0.39, 0.29) is 0 Å². The third-order valence-electron chi connectivity index (χ3n) is 2.78. The van der Waals surface area contributed by atoms with E-state index < -0.39 is 5.54 Å². The molecule has 0 unspecified atom stereocenters. The largest absolute Gasteiger partial charge is 0.338 e. The van der Waals surface area contributed by atoms with Crippen LogP contribution in [0.5, 0.6) is 0 Å². The molecular formula is C12H20N6O. The van der Waals surface area contributed by atoms with Crippen LogP contribution in [0.1, 0.15) is 31.4 Å². The third-order valence-corrected chi connectivity index (χ3v) is 2.78. The highest BCUT2D eigenvalue weighted by Crippen LogP contribution is 2.13. The van der Waals surface area contributed by atoms with Crippen LogP contribution >= 0.6 is 0 Å². The number of nitrogens with two attached hydrogens (primary N) is 1. The summed E-state index contributed by atoms with van der Waals surface area (Å²) < 4.78 is 7.19. The van der Waals surface area contributed by atoms with Crippen molar-refractivity contribution in [2.45, 2.75) is 32.5 Å². The number of imidazole rings is 1. The van der Waals surface area contributed by atoms with Gasteiger partial charge in [-0.05, 0) is 20.9 Å². The molecule has 0 aliphatic heterocycles. The first-order valence-corrected chi connectivity index (χ1v) is 6.13. The van der Waals surface area contributed by atoms with Crippen LogP contribution in [0.25, 0.3) is 0 Å². The summed E-state index contributed by atoms with van der Waals surface area (Å²) >= 11 is 0. The molecule has 7 heteroatoms. The van der Waals surface area contributed by atoms with Crippen LogP contribution in [0.3, 0.4) is 0 Å². The number of hydrogen-bond donors (Lipinski definition) is 1. The molecular weight excluding hydrogens is 244 g/mol. The van der Waals surface area contributed by atoms with Crippen molar-refractivity contribution < 1.29 is 4.52 Å². The second-order valence-electron chi connectivity index (χ2n) is 5.36. The van der Waals surface area contributed by atoms with Gasteiger partial charge >= 0.3 is 0 Å². The average Bonchev–Trinajstić information content (AvgIpc) is 2.88. The van der Waals surface area contributed by atoms with Crippen LogP contribution in [0.15, 0.2) is 16.9 Å². The Balaban J connectivity index is 1.98. The predicted molar refractivity (Wildman–Crippen MR) is 69.9 cm³/mol. The van der Waals surface area contributed by atoms with Crippen molar-refractivity contribution in [1.82, 2.24) is 24.6 Å². The summed E-state index contributed by atoms with van der Waals surface area (Å²) in [7, 11) is 3.95. The van der Waals surface area contributed by atoms with Gasteiger partial charge in [0.1, 0.15) is 5.82 Å². The highest BCUT2D eigenvalue weighted by Gasteiger charge is 2.21. The van der Waals surface area contributed by atoms with Crippen molar-refractivity contribution in [3.05, 3.63) is 29.9 Å². The summed E-state index contributed by atoms with van der Waals surface area (Å²) in [5, 5.41) is 3.90. The highest BCUT2D eigenvalue weighted by molar-refractivity contribution is 4.99. The molecule has 2 rings (SSSR count). The number of rotatable bonds is 5. The topological polar surface area (TPSA) is 86.0 Å². The molecule has 0 saturated heterocycles. The van der Waals surface area contributed by atoms with Crippen molar-refractivity contribution in [2.75, 3.05) is 7.05 Å². The van der Waals surface area contributed by atoms with Crippen molar-refractivity contribution >= 4 is 0 Å². The van der Waals surface area contributed by atoms with Crippen molar-refractivity contribution in [1.29, 1.82) is 0 Å². The van der Waals surface area contributed by atoms with E-state index in [0.29, 0.717) is 24.8 Å². The van der Waals surface area contributed by atoms with E-state index in [1.54, 1.807) is 6.20 Å². The van der Waals surface area contributed by atoms with Gasteiger partial charge in [-0.2, -0.15) is 4.98 Å². The molecule has 0 radical (unpaired) electrons. The lowest BCUT2D eigenvalue weighted by Gasteiger charge is -2.14. The van der Waals surface area contributed by atoms with Gasteiger partial charge < -0.3 is 14.8 Å². The number of aromatic nitrogens is 4. The summed E-state index contributed by atoms with van der Waals surface area (Å²) in [6, 6.07) is 0. The Morgan fingerprint density at radius 3 is 2.68 bits per heavy atom. The molecule has 0 amide bonds. The molecule has 2 heterocycles. The molecule has 0 aromatic carbocycles. The van der Waals surface area contributed by atoms with Crippen LogP contribution in [0.2, 0.25) is 0 Å². The van der Waals surface area contributed by atoms with Gasteiger partial charge in [-0.25, -0.2) is 4.98 Å². The molecule has 0 atom stereocenters. The molecule has 0 spiro atoms. The summed E-state index contributed by atoms with van der Waals surface area (Å²) in [4.78, 5) is 10.6. The molecule has 2 aromatic heterocycles. The van der Waals surface area contributed by atoms with Gasteiger partial charge in [0.05, 0.1) is 18.6 Å². The third kappa shape index (κ3) is 3.39. The fourth-order valence-electron chi connectivity index (χ4n) is 1.66. The number of hydrogen-bond acceptors (Lipinski definition) is 6. The van der Waals surface area contributed by atoms with Gasteiger partial charge in [-0.15, -0.1) is 0 Å². The van der Waals surface area contributed by atoms with E-state index in [2.05, 4.69) is 20.0 Å². The molecule has 104 valence electrons. The fraction of sp³-hybridized carbons (Fsp3) is 0.583. The summed E-state index contributed by atoms with van der Waals surface area (Å²) in [6.45, 7) is 4.97. The SMILES string of the molecule is CN(Cc1nc(C(C)(C)N)no1)Cc1nccn1C. The summed E-state index contributed by atoms with van der Waals surface area (Å²) in [5.41, 5.74) is 5.34. The quantitative estimate of drug-likeness (QED) is 0.852. The normalized spacial score (nSPS) is 12.3. The van der Waals surface area contributed by atoms with Crippen LogP contribution in [0, 0.1) is 0 Å². The molecule has 0 saturated carbocycles. The van der Waals surface area contributed by atoms with E-state index in [9.17, 15) is 0 Å². The van der Waals surface area contributed by atoms with E-state index in [0.717, 1.165) is 5.82 Å². The lowest BCUT2D eigenvalue weighted by atomic mass is 10.1. The standard InChI is InChI=1S/C12H20N6O/c1-12(2,13)11-15-10(19-16-11)8-17(3)7-9-14-5-6-18(9)4/h5-6H,7-8,13H2,1-4H3. The molecule has 0 bridgehead atoms. The Bertz CT molecular complexity index is 538. The van der Waals surface area contributed by atoms with Crippen molar-refractivity contribution in [3.63, 3.8) is 0 Å². The highest BCUT2D eigenvalue weighted by atomic mass is 16.5. The Morgan fingerprint density at radius 1 is 1.42 bits per heavy atom. The van der Waals surface area contributed by atoms with Gasteiger partial charge in [0.2, 0.25) is 5.89 Å². The first-order chi connectivity index (χ1) is 8.86. The zero-order chi connectivity index (χ0) is 14.0. The minimum Gasteiger partial charge on any atom is -0.338 e. The van der Waals surface area contributed by atoms with E-state index >= 15 is 0 Å². The Kier molecular flexibility index (Phi) is 3.68. The van der Waals surface area contributed by atoms with E-state index in [1.807, 2.05) is 38.7 Å². The van der Waals surface area contributed by atoms with Gasteiger partial charge in [0.15, 0.2) is 5.82 Å². The fourth-order valence-corrected chi connectivity index (χ4v) is 1.66. The van der Waals surface area contributed by atoms with Gasteiger partial charge in [0.25, 0.3) is 0 Å². The van der Waals surface area contributed by atoms with Gasteiger partial charge in [-0.1, -0.05) is 5.16 Å². The maximum atomic E-state index is 5.92. The number of aryl methyl sites for hydroxylation is 1. The lowest BCUT2D eigenvalue weighted by Crippen LogP contribution is -2.30. The predicted octanol–water partition coefficient (Wildman–Crippen LogP) is 0.629. The molecule has 7 nitrogen and oxygen atoms in total. The van der Waals surface area contributed by atoms with Gasteiger partial charge in [-0.3, -0.25) is 4.90 Å². The maximum absolute atomic E-state index is 5.92. The van der Waals surface area contributed by atoms with Crippen LogP contribution < -0.4 is 5.73 Å². The first kappa shape index (κ1) is 13.7. The summed E-state index contributed by atoms with van der Waals surface area (Å²) in [5.74, 6) is 2.07. The van der Waals surface area contributed by atoms with Gasteiger partial charge in [0, 0.05) is 19.4 Å². The second kappa shape index (κ2) is 5.10. The Morgan fingerprint density at radius 2 is 2.16 bits per heavy atom. The monoisotopic (exact) mass is 264 g/mol. The molecule has 0 aliphatic carbocycles. The smallest absolute Gasteiger partial charge is 0.240 e. The van der Waals surface area contributed by atoms with E-state index in [1.165, 1.54) is 0 Å². The zero-order valence-corrected chi connectivity index (χ0v) is 11.8. The molecule has 0 aliphatic rings. The molecule has 0 fully saturated rings. The minimum atomic E-state index is -0.583. The summed E-state index contributed by atoms with van der Waals surface area (Å²) in [6.07, 6.45) is 3.70. The van der Waals surface area contributed by atoms with Crippen molar-refractivity contribution in [2.24, 2.45) is 12.8 Å². The first-order valence-electron chi connectivity index (χ1n) is 6.13. The Labute approximate surface area is 112 Å². The van der Waals surface area contributed by atoms with Crippen LogP contribution in [-0.4, -0.2) is 31.6 Å². The number of nitrogens with zero attached hydrogens (tertiary/aromatic N) is 5.